The minimum absolute atomic E-state index is 0. The van der Waals surface area contributed by atoms with Crippen molar-refractivity contribution in [2.24, 2.45) is 9.98 Å². The van der Waals surface area contributed by atoms with E-state index in [9.17, 15) is 10.2 Å². The summed E-state index contributed by atoms with van der Waals surface area (Å²) in [4.78, 5) is 10.8. The van der Waals surface area contributed by atoms with E-state index in [-0.39, 0.29) is 22.2 Å². The van der Waals surface area contributed by atoms with Crippen LogP contribution in [0.5, 0.6) is 11.5 Å². The first kappa shape index (κ1) is 55.7. The van der Waals surface area contributed by atoms with E-state index in [1.54, 1.807) is 12.1 Å². The van der Waals surface area contributed by atoms with Gasteiger partial charge in [0.2, 0.25) is 0 Å². The third-order valence-electron chi connectivity index (χ3n) is 11.4. The van der Waals surface area contributed by atoms with Gasteiger partial charge in [-0.15, -0.1) is 11.5 Å². The number of hydrogen-bond donors (Lipinski definition) is 0. The molecule has 61 heavy (non-hydrogen) atoms. The van der Waals surface area contributed by atoms with Crippen LogP contribution in [0.4, 0.5) is 11.4 Å². The topological polar surface area (TPSA) is 70.8 Å². The average Bonchev–Trinajstić information content (AvgIpc) is 3.25. The molecule has 340 valence electrons. The standard InChI is InChI=1S/C48H76N2.C8H10O2.Ni/c1-7-13-19-20-21-22-23-28-34-48(50-46-38-36-42(30-25-15-9-3)44(40-46)32-27-17-11-5)47(33-18-12-6)49-45-37-35-41(29-24-14-8-2)43(39-45)31-26-16-10-4;1-2-6-4-3-5-7(9)8(6)10;/h35-40H,7-27,29-33H2,1-6H3;3-5,9-10H,2H2,1H3;/q;;+2/p-2. The molecule has 5 heteroatoms. The molecular formula is C56H84N2NiO2. The molecule has 0 atom stereocenters. The number of aliphatic imine (C=N–C) groups is 2. The van der Waals surface area contributed by atoms with Crippen molar-refractivity contribution in [1.82, 2.24) is 0 Å². The first-order valence-electron chi connectivity index (χ1n) is 24.7. The Morgan fingerprint density at radius 3 is 1.43 bits per heavy atom. The van der Waals surface area contributed by atoms with Gasteiger partial charge in [-0.2, -0.15) is 0 Å². The molecule has 0 saturated heterocycles. The van der Waals surface area contributed by atoms with E-state index >= 15 is 0 Å². The van der Waals surface area contributed by atoms with Crippen molar-refractivity contribution in [3.8, 4) is 23.3 Å². The zero-order chi connectivity index (χ0) is 43.6. The van der Waals surface area contributed by atoms with Crippen molar-refractivity contribution < 1.29 is 26.7 Å². The van der Waals surface area contributed by atoms with Crippen molar-refractivity contribution in [2.45, 2.75) is 222 Å². The summed E-state index contributed by atoms with van der Waals surface area (Å²) in [7, 11) is 0. The number of para-hydroxylation sites is 1. The molecule has 0 aliphatic carbocycles. The van der Waals surface area contributed by atoms with Gasteiger partial charge in [0.15, 0.2) is 0 Å². The fraction of sp³-hybridized carbons (Fsp3) is 0.607. The normalized spacial score (nSPS) is 11.4. The molecule has 3 aromatic carbocycles. The minimum atomic E-state index is -0.403. The molecule has 0 bridgehead atoms. The molecule has 0 N–H and O–H groups in total. The summed E-state index contributed by atoms with van der Waals surface area (Å²) in [6, 6.07) is 18.6. The first-order chi connectivity index (χ1) is 29.3. The molecule has 3 rings (SSSR count). The minimum Gasteiger partial charge on any atom is -0.873 e. The second kappa shape index (κ2) is 36.2. The van der Waals surface area contributed by atoms with Crippen LogP contribution in [0.25, 0.3) is 0 Å². The zero-order valence-electron chi connectivity index (χ0n) is 39.8. The number of hydrogen-bond acceptors (Lipinski definition) is 4. The largest absolute Gasteiger partial charge is 2.00 e. The summed E-state index contributed by atoms with van der Waals surface area (Å²) in [5.41, 5.74) is 10.7. The van der Waals surface area contributed by atoms with E-state index in [1.165, 1.54) is 157 Å². The average molecular weight is 876 g/mol. The van der Waals surface area contributed by atoms with E-state index in [0.717, 1.165) is 61.3 Å². The van der Waals surface area contributed by atoms with Gasteiger partial charge in [-0.25, -0.2) is 4.99 Å². The van der Waals surface area contributed by atoms with Gasteiger partial charge in [-0.3, -0.25) is 4.99 Å². The van der Waals surface area contributed by atoms with Crippen LogP contribution >= 0.6 is 0 Å². The predicted octanol–water partition coefficient (Wildman–Crippen LogP) is 15.8. The Morgan fingerprint density at radius 1 is 0.475 bits per heavy atom. The SMILES string of the molecule is CCCCCCCCC#CC(=Nc1ccc(CCCCC)c(CCCCC)c1)C(CCCC)=Nc1ccc(CCCCC)c(CCCCC)c1.CCc1cccc([O-])c1[O-].[Ni+2]. The van der Waals surface area contributed by atoms with Crippen molar-refractivity contribution in [2.75, 3.05) is 0 Å². The number of nitrogens with zero attached hydrogens (tertiary/aromatic N) is 2. The molecular weight excluding hydrogens is 791 g/mol. The summed E-state index contributed by atoms with van der Waals surface area (Å²) in [5, 5.41) is 21.6. The van der Waals surface area contributed by atoms with E-state index in [2.05, 4.69) is 89.8 Å². The Hall–Kier alpha value is -3.35. The molecule has 0 aliphatic rings. The number of rotatable bonds is 29. The van der Waals surface area contributed by atoms with E-state index in [1.807, 2.05) is 6.92 Å². The van der Waals surface area contributed by atoms with Crippen LogP contribution in [0.2, 0.25) is 0 Å². The second-order valence-electron chi connectivity index (χ2n) is 16.8. The van der Waals surface area contributed by atoms with E-state index in [4.69, 9.17) is 9.98 Å². The monoisotopic (exact) mass is 875 g/mol. The molecule has 0 spiro atoms. The van der Waals surface area contributed by atoms with Crippen LogP contribution < -0.4 is 10.2 Å². The van der Waals surface area contributed by atoms with Gasteiger partial charge in [0, 0.05) is 6.42 Å². The number of unbranched alkanes of at least 4 members (excludes halogenated alkanes) is 15. The number of benzene rings is 3. The van der Waals surface area contributed by atoms with Gasteiger partial charge in [-0.1, -0.05) is 180 Å². The van der Waals surface area contributed by atoms with Gasteiger partial charge >= 0.3 is 16.5 Å². The molecule has 0 fully saturated rings. The Labute approximate surface area is 385 Å². The molecule has 0 saturated carbocycles. The van der Waals surface area contributed by atoms with Crippen molar-refractivity contribution >= 4 is 22.8 Å². The third-order valence-corrected chi connectivity index (χ3v) is 11.4. The van der Waals surface area contributed by atoms with Crippen LogP contribution in [0, 0.1) is 11.8 Å². The van der Waals surface area contributed by atoms with Gasteiger partial charge in [0.1, 0.15) is 5.71 Å². The van der Waals surface area contributed by atoms with Crippen LogP contribution in [0.1, 0.15) is 218 Å². The summed E-state index contributed by atoms with van der Waals surface area (Å²) in [6.07, 6.45) is 32.3. The summed E-state index contributed by atoms with van der Waals surface area (Å²) in [5.74, 6) is 6.40. The second-order valence-corrected chi connectivity index (χ2v) is 16.8. The van der Waals surface area contributed by atoms with Gasteiger partial charge in [0.05, 0.1) is 17.1 Å². The summed E-state index contributed by atoms with van der Waals surface area (Å²) in [6.45, 7) is 15.6. The first-order valence-corrected chi connectivity index (χ1v) is 24.7. The van der Waals surface area contributed by atoms with Crippen LogP contribution in [-0.2, 0) is 48.6 Å². The van der Waals surface area contributed by atoms with Crippen molar-refractivity contribution in [3.63, 3.8) is 0 Å². The molecule has 0 unspecified atom stereocenters. The van der Waals surface area contributed by atoms with E-state index in [0.29, 0.717) is 12.0 Å². The maximum absolute atomic E-state index is 10.9. The summed E-state index contributed by atoms with van der Waals surface area (Å²) < 4.78 is 0. The van der Waals surface area contributed by atoms with Gasteiger partial charge < -0.3 is 10.2 Å². The van der Waals surface area contributed by atoms with Crippen molar-refractivity contribution in [1.29, 1.82) is 0 Å². The fourth-order valence-electron chi connectivity index (χ4n) is 7.58. The summed E-state index contributed by atoms with van der Waals surface area (Å²) >= 11 is 0. The molecule has 4 nitrogen and oxygen atoms in total. The molecule has 0 aromatic heterocycles. The van der Waals surface area contributed by atoms with Crippen LogP contribution in [0.15, 0.2) is 64.6 Å². The molecule has 0 aliphatic heterocycles. The molecule has 3 aromatic rings. The third kappa shape index (κ3) is 23.6. The molecule has 0 radical (unpaired) electrons. The Kier molecular flexibility index (Phi) is 33.0. The maximum atomic E-state index is 10.9. The molecule has 0 amide bonds. The molecule has 0 heterocycles. The Bertz CT molecular complexity index is 1720. The number of aryl methyl sites for hydroxylation is 5. The smallest absolute Gasteiger partial charge is 0.873 e. The van der Waals surface area contributed by atoms with Crippen LogP contribution in [0.3, 0.4) is 0 Å². The van der Waals surface area contributed by atoms with Gasteiger partial charge in [-0.05, 0) is 129 Å². The van der Waals surface area contributed by atoms with Crippen LogP contribution in [-0.4, -0.2) is 11.4 Å². The zero-order valence-corrected chi connectivity index (χ0v) is 40.8. The Morgan fingerprint density at radius 2 is 0.934 bits per heavy atom. The fourth-order valence-corrected chi connectivity index (χ4v) is 7.58. The Balaban J connectivity index is 0.00000147. The van der Waals surface area contributed by atoms with Crippen molar-refractivity contribution in [3.05, 3.63) is 82.4 Å². The predicted molar refractivity (Wildman–Crippen MR) is 260 cm³/mol. The quantitative estimate of drug-likeness (QED) is 0.0302. The maximum Gasteiger partial charge on any atom is 2.00 e. The van der Waals surface area contributed by atoms with E-state index < -0.39 is 5.75 Å². The van der Waals surface area contributed by atoms with Gasteiger partial charge in [0.25, 0.3) is 0 Å².